The molecule has 1 aromatic heterocycles. The van der Waals surface area contributed by atoms with Gasteiger partial charge in [0, 0.05) is 26.2 Å². The Morgan fingerprint density at radius 1 is 1.55 bits per heavy atom. The van der Waals surface area contributed by atoms with Crippen molar-refractivity contribution >= 4 is 35.6 Å². The van der Waals surface area contributed by atoms with Crippen molar-refractivity contribution in [1.82, 2.24) is 9.80 Å². The van der Waals surface area contributed by atoms with Crippen molar-refractivity contribution in [2.24, 2.45) is 11.7 Å². The lowest BCUT2D eigenvalue weighted by atomic mass is 9.92. The zero-order chi connectivity index (χ0) is 15.4. The number of halogens is 1. The SMILES string of the molecule is CC(N)C1CCCN(C(=O)CN(C)C(=O)c2cccs2)C1.Cl. The van der Waals surface area contributed by atoms with Crippen LogP contribution in [0.3, 0.4) is 0 Å². The summed E-state index contributed by atoms with van der Waals surface area (Å²) in [5.74, 6) is 0.271. The van der Waals surface area contributed by atoms with Crippen LogP contribution in [0.25, 0.3) is 0 Å². The number of nitrogens with zero attached hydrogens (tertiary/aromatic N) is 2. The molecule has 0 aliphatic carbocycles. The molecule has 1 aliphatic rings. The molecule has 0 radical (unpaired) electrons. The van der Waals surface area contributed by atoms with E-state index in [1.165, 1.54) is 16.2 Å². The number of carbonyl (C=O) groups is 2. The van der Waals surface area contributed by atoms with E-state index < -0.39 is 0 Å². The van der Waals surface area contributed by atoms with Gasteiger partial charge in [-0.25, -0.2) is 0 Å². The predicted molar refractivity (Wildman–Crippen MR) is 91.5 cm³/mol. The van der Waals surface area contributed by atoms with Gasteiger partial charge in [-0.3, -0.25) is 9.59 Å². The van der Waals surface area contributed by atoms with Gasteiger partial charge in [-0.2, -0.15) is 0 Å². The van der Waals surface area contributed by atoms with Gasteiger partial charge in [0.1, 0.15) is 0 Å². The van der Waals surface area contributed by atoms with Crippen molar-refractivity contribution in [3.63, 3.8) is 0 Å². The van der Waals surface area contributed by atoms with Gasteiger partial charge < -0.3 is 15.5 Å². The summed E-state index contributed by atoms with van der Waals surface area (Å²) in [5, 5.41) is 1.86. The van der Waals surface area contributed by atoms with E-state index in [1.54, 1.807) is 13.1 Å². The van der Waals surface area contributed by atoms with Crippen LogP contribution in [0.15, 0.2) is 17.5 Å². The summed E-state index contributed by atoms with van der Waals surface area (Å²) >= 11 is 1.39. The molecule has 2 amide bonds. The first-order valence-electron chi connectivity index (χ1n) is 7.31. The Kier molecular flexibility index (Phi) is 7.32. The monoisotopic (exact) mass is 345 g/mol. The number of piperidine rings is 1. The van der Waals surface area contributed by atoms with Gasteiger partial charge >= 0.3 is 0 Å². The van der Waals surface area contributed by atoms with Gasteiger partial charge in [-0.05, 0) is 37.1 Å². The van der Waals surface area contributed by atoms with Crippen LogP contribution in [0.5, 0.6) is 0 Å². The van der Waals surface area contributed by atoms with Crippen LogP contribution in [0, 0.1) is 5.92 Å². The minimum atomic E-state index is -0.0981. The quantitative estimate of drug-likeness (QED) is 0.905. The molecule has 1 saturated heterocycles. The van der Waals surface area contributed by atoms with Crippen LogP contribution in [0.2, 0.25) is 0 Å². The second-order valence-electron chi connectivity index (χ2n) is 5.74. The van der Waals surface area contributed by atoms with Crippen LogP contribution in [-0.4, -0.2) is 54.3 Å². The lowest BCUT2D eigenvalue weighted by Gasteiger charge is -2.35. The number of carbonyl (C=O) groups excluding carboxylic acids is 2. The first-order valence-corrected chi connectivity index (χ1v) is 8.19. The topological polar surface area (TPSA) is 66.6 Å². The molecule has 0 spiro atoms. The van der Waals surface area contributed by atoms with Crippen LogP contribution < -0.4 is 5.73 Å². The molecular formula is C15H24ClN3O2S. The van der Waals surface area contributed by atoms with Gasteiger partial charge in [0.2, 0.25) is 5.91 Å². The van der Waals surface area contributed by atoms with E-state index in [4.69, 9.17) is 5.73 Å². The van der Waals surface area contributed by atoms with Gasteiger partial charge in [0.05, 0.1) is 11.4 Å². The first-order chi connectivity index (χ1) is 9.99. The number of nitrogens with two attached hydrogens (primary N) is 1. The molecule has 124 valence electrons. The molecule has 0 bridgehead atoms. The number of hydrogen-bond acceptors (Lipinski definition) is 4. The highest BCUT2D eigenvalue weighted by molar-refractivity contribution is 7.12. The molecule has 22 heavy (non-hydrogen) atoms. The van der Waals surface area contributed by atoms with Gasteiger partial charge in [-0.1, -0.05) is 6.07 Å². The molecule has 1 fully saturated rings. The van der Waals surface area contributed by atoms with E-state index in [0.29, 0.717) is 17.3 Å². The summed E-state index contributed by atoms with van der Waals surface area (Å²) in [4.78, 5) is 28.5. The van der Waals surface area contributed by atoms with E-state index in [1.807, 2.05) is 23.3 Å². The number of likely N-dealkylation sites (N-methyl/N-ethyl adjacent to an activating group) is 1. The summed E-state index contributed by atoms with van der Waals surface area (Å²) in [6.45, 7) is 3.59. The molecule has 1 aromatic rings. The Bertz CT molecular complexity index is 493. The molecule has 2 N–H and O–H groups in total. The third-order valence-electron chi connectivity index (χ3n) is 4.01. The van der Waals surface area contributed by atoms with E-state index >= 15 is 0 Å². The van der Waals surface area contributed by atoms with E-state index in [0.717, 1.165) is 19.4 Å². The number of hydrogen-bond donors (Lipinski definition) is 1. The van der Waals surface area contributed by atoms with Gasteiger partial charge in [0.15, 0.2) is 0 Å². The predicted octanol–water partition coefficient (Wildman–Crippen LogP) is 1.83. The Labute approximate surface area is 141 Å². The first kappa shape index (κ1) is 18.9. The Morgan fingerprint density at radius 3 is 2.86 bits per heavy atom. The number of rotatable bonds is 4. The second kappa shape index (κ2) is 8.50. The van der Waals surface area contributed by atoms with Gasteiger partial charge in [-0.15, -0.1) is 23.7 Å². The maximum Gasteiger partial charge on any atom is 0.264 e. The number of thiophene rings is 1. The molecule has 2 unspecified atom stereocenters. The number of amides is 2. The minimum absolute atomic E-state index is 0. The maximum atomic E-state index is 12.3. The molecule has 5 nitrogen and oxygen atoms in total. The smallest absolute Gasteiger partial charge is 0.264 e. The van der Waals surface area contributed by atoms with Crippen molar-refractivity contribution in [2.75, 3.05) is 26.7 Å². The van der Waals surface area contributed by atoms with Crippen molar-refractivity contribution in [3.05, 3.63) is 22.4 Å². The van der Waals surface area contributed by atoms with Gasteiger partial charge in [0.25, 0.3) is 5.91 Å². The average Bonchev–Trinajstić information content (AvgIpc) is 3.00. The largest absolute Gasteiger partial charge is 0.341 e. The van der Waals surface area contributed by atoms with Crippen molar-refractivity contribution in [2.45, 2.75) is 25.8 Å². The zero-order valence-electron chi connectivity index (χ0n) is 13.0. The highest BCUT2D eigenvalue weighted by Gasteiger charge is 2.27. The standard InChI is InChI=1S/C15H23N3O2S.ClH/c1-11(16)12-5-3-7-18(9-12)14(19)10-17(2)15(20)13-6-4-8-21-13;/h4,6,8,11-12H,3,5,7,9-10,16H2,1-2H3;1H. The third kappa shape index (κ3) is 4.69. The molecular weight excluding hydrogens is 322 g/mol. The molecule has 7 heteroatoms. The fourth-order valence-electron chi connectivity index (χ4n) is 2.63. The molecule has 1 aliphatic heterocycles. The molecule has 2 atom stereocenters. The van der Waals surface area contributed by atoms with Crippen molar-refractivity contribution in [3.8, 4) is 0 Å². The van der Waals surface area contributed by atoms with E-state index in [-0.39, 0.29) is 36.8 Å². The summed E-state index contributed by atoms with van der Waals surface area (Å²) < 4.78 is 0. The van der Waals surface area contributed by atoms with Crippen molar-refractivity contribution in [1.29, 1.82) is 0 Å². The summed E-state index contributed by atoms with van der Waals surface area (Å²) in [7, 11) is 1.67. The minimum Gasteiger partial charge on any atom is -0.341 e. The highest BCUT2D eigenvalue weighted by atomic mass is 35.5. The Balaban J connectivity index is 0.00000242. The normalized spacial score (nSPS) is 19.2. The maximum absolute atomic E-state index is 12.3. The Morgan fingerprint density at radius 2 is 2.27 bits per heavy atom. The number of likely N-dealkylation sites (tertiary alicyclic amines) is 1. The lowest BCUT2D eigenvalue weighted by molar-refractivity contribution is -0.133. The van der Waals surface area contributed by atoms with E-state index in [9.17, 15) is 9.59 Å². The lowest BCUT2D eigenvalue weighted by Crippen LogP contribution is -2.48. The second-order valence-corrected chi connectivity index (χ2v) is 6.69. The Hall–Kier alpha value is -1.11. The average molecular weight is 346 g/mol. The van der Waals surface area contributed by atoms with Crippen molar-refractivity contribution < 1.29 is 9.59 Å². The molecule has 2 heterocycles. The zero-order valence-corrected chi connectivity index (χ0v) is 14.7. The summed E-state index contributed by atoms with van der Waals surface area (Å²) in [6, 6.07) is 3.72. The molecule has 2 rings (SSSR count). The van der Waals surface area contributed by atoms with Crippen LogP contribution in [-0.2, 0) is 4.79 Å². The van der Waals surface area contributed by atoms with Crippen LogP contribution in [0.1, 0.15) is 29.4 Å². The van der Waals surface area contributed by atoms with Crippen LogP contribution >= 0.6 is 23.7 Å². The van der Waals surface area contributed by atoms with E-state index in [2.05, 4.69) is 0 Å². The highest BCUT2D eigenvalue weighted by Crippen LogP contribution is 2.19. The third-order valence-corrected chi connectivity index (χ3v) is 4.86. The summed E-state index contributed by atoms with van der Waals surface area (Å²) in [6.07, 6.45) is 2.06. The fraction of sp³-hybridized carbons (Fsp3) is 0.600. The fourth-order valence-corrected chi connectivity index (χ4v) is 3.35. The van der Waals surface area contributed by atoms with Crippen LogP contribution in [0.4, 0.5) is 0 Å². The molecule has 0 saturated carbocycles. The summed E-state index contributed by atoms with van der Waals surface area (Å²) in [5.41, 5.74) is 5.94. The molecule has 0 aromatic carbocycles.